The fourth-order valence-corrected chi connectivity index (χ4v) is 3.68. The Hall–Kier alpha value is -3.09. The molecule has 0 aliphatic carbocycles. The quantitative estimate of drug-likeness (QED) is 0.461. The van der Waals surface area contributed by atoms with Gasteiger partial charge in [-0.3, -0.25) is 4.98 Å². The van der Waals surface area contributed by atoms with Gasteiger partial charge in [0.25, 0.3) is 0 Å². The Kier molecular flexibility index (Phi) is 4.65. The van der Waals surface area contributed by atoms with Gasteiger partial charge in [0.1, 0.15) is 5.69 Å². The van der Waals surface area contributed by atoms with Crippen LogP contribution in [0.2, 0.25) is 0 Å². The molecule has 0 atom stereocenters. The SMILES string of the molecule is CC1(C)OB(c2cccc(-c3nc(-c4ccccc4)c4ccccc4n3)n2)OC1(C)C. The second-order valence-electron chi connectivity index (χ2n) is 8.81. The molecule has 2 aromatic heterocycles. The van der Waals surface area contributed by atoms with Crippen molar-refractivity contribution in [1.29, 1.82) is 0 Å². The summed E-state index contributed by atoms with van der Waals surface area (Å²) in [5.41, 5.74) is 3.39. The predicted octanol–water partition coefficient (Wildman–Crippen LogP) is 4.66. The van der Waals surface area contributed by atoms with E-state index in [1.165, 1.54) is 0 Å². The third-order valence-electron chi connectivity index (χ3n) is 6.14. The molecule has 0 N–H and O–H groups in total. The van der Waals surface area contributed by atoms with Crippen molar-refractivity contribution >= 4 is 23.6 Å². The Morgan fingerprint density at radius 1 is 0.677 bits per heavy atom. The smallest absolute Gasteiger partial charge is 0.398 e. The van der Waals surface area contributed by atoms with E-state index in [9.17, 15) is 0 Å². The molecule has 0 amide bonds. The van der Waals surface area contributed by atoms with Gasteiger partial charge in [-0.2, -0.15) is 0 Å². The molecule has 1 fully saturated rings. The van der Waals surface area contributed by atoms with Crippen LogP contribution in [0, 0.1) is 0 Å². The van der Waals surface area contributed by atoms with Crippen molar-refractivity contribution < 1.29 is 9.31 Å². The van der Waals surface area contributed by atoms with Crippen molar-refractivity contribution in [3.05, 3.63) is 72.8 Å². The maximum atomic E-state index is 6.18. The topological polar surface area (TPSA) is 57.1 Å². The zero-order valence-electron chi connectivity index (χ0n) is 18.2. The van der Waals surface area contributed by atoms with Gasteiger partial charge in [-0.05, 0) is 45.9 Å². The number of nitrogens with zero attached hydrogens (tertiary/aromatic N) is 3. The van der Waals surface area contributed by atoms with Gasteiger partial charge in [0.15, 0.2) is 5.82 Å². The lowest BCUT2D eigenvalue weighted by Gasteiger charge is -2.32. The van der Waals surface area contributed by atoms with Crippen LogP contribution in [0.25, 0.3) is 33.7 Å². The fourth-order valence-electron chi connectivity index (χ4n) is 3.68. The molecule has 0 spiro atoms. The molecule has 0 saturated carbocycles. The van der Waals surface area contributed by atoms with Gasteiger partial charge < -0.3 is 9.31 Å². The standard InChI is InChI=1S/C25H24BN3O2/c1-24(2)25(3,4)31-26(30-24)21-16-10-15-20(27-21)23-28-19-14-9-8-13-18(19)22(29-23)17-11-6-5-7-12-17/h5-16H,1-4H3. The summed E-state index contributed by atoms with van der Waals surface area (Å²) in [5.74, 6) is 0.580. The average molecular weight is 409 g/mol. The van der Waals surface area contributed by atoms with Gasteiger partial charge in [-0.25, -0.2) is 9.97 Å². The van der Waals surface area contributed by atoms with E-state index in [1.54, 1.807) is 0 Å². The summed E-state index contributed by atoms with van der Waals surface area (Å²) < 4.78 is 12.4. The van der Waals surface area contributed by atoms with E-state index in [0.717, 1.165) is 22.2 Å². The molecular formula is C25H24BN3O2. The lowest BCUT2D eigenvalue weighted by molar-refractivity contribution is 0.00578. The molecule has 5 rings (SSSR count). The van der Waals surface area contributed by atoms with Crippen LogP contribution in [0.3, 0.4) is 0 Å². The molecule has 4 aromatic rings. The molecule has 1 aliphatic heterocycles. The summed E-state index contributed by atoms with van der Waals surface area (Å²) in [6.45, 7) is 8.15. The minimum absolute atomic E-state index is 0.421. The first-order chi connectivity index (χ1) is 14.8. The summed E-state index contributed by atoms with van der Waals surface area (Å²) in [7, 11) is -0.529. The highest BCUT2D eigenvalue weighted by Gasteiger charge is 2.52. The number of hydrogen-bond donors (Lipinski definition) is 0. The van der Waals surface area contributed by atoms with Crippen LogP contribution in [0.15, 0.2) is 72.8 Å². The molecule has 0 bridgehead atoms. The predicted molar refractivity (Wildman–Crippen MR) is 124 cm³/mol. The summed E-state index contributed by atoms with van der Waals surface area (Å²) in [6, 6.07) is 24.0. The maximum absolute atomic E-state index is 6.18. The Morgan fingerprint density at radius 3 is 2.10 bits per heavy atom. The first kappa shape index (κ1) is 19.9. The van der Waals surface area contributed by atoms with Crippen LogP contribution in [-0.2, 0) is 9.31 Å². The second-order valence-corrected chi connectivity index (χ2v) is 8.81. The van der Waals surface area contributed by atoms with E-state index < -0.39 is 18.3 Å². The molecule has 2 aromatic carbocycles. The van der Waals surface area contributed by atoms with Crippen LogP contribution in [-0.4, -0.2) is 33.3 Å². The lowest BCUT2D eigenvalue weighted by atomic mass is 9.84. The number of hydrogen-bond acceptors (Lipinski definition) is 5. The van der Waals surface area contributed by atoms with Gasteiger partial charge >= 0.3 is 7.12 Å². The highest BCUT2D eigenvalue weighted by Crippen LogP contribution is 2.36. The molecule has 154 valence electrons. The first-order valence-corrected chi connectivity index (χ1v) is 10.5. The summed E-state index contributed by atoms with van der Waals surface area (Å²) in [4.78, 5) is 14.5. The molecule has 3 heterocycles. The third-order valence-corrected chi connectivity index (χ3v) is 6.14. The molecule has 5 nitrogen and oxygen atoms in total. The average Bonchev–Trinajstić information content (AvgIpc) is 3.00. The number of benzene rings is 2. The maximum Gasteiger partial charge on any atom is 0.514 e. The van der Waals surface area contributed by atoms with E-state index in [-0.39, 0.29) is 0 Å². The molecule has 0 radical (unpaired) electrons. The number of aromatic nitrogens is 3. The molecule has 6 heteroatoms. The number of rotatable bonds is 3. The molecule has 31 heavy (non-hydrogen) atoms. The Labute approximate surface area is 182 Å². The van der Waals surface area contributed by atoms with Crippen LogP contribution in [0.5, 0.6) is 0 Å². The van der Waals surface area contributed by atoms with Crippen LogP contribution >= 0.6 is 0 Å². The summed E-state index contributed by atoms with van der Waals surface area (Å²) in [5, 5.41) is 1.01. The van der Waals surface area contributed by atoms with E-state index in [2.05, 4.69) is 18.2 Å². The number of fused-ring (bicyclic) bond motifs is 1. The molecule has 1 saturated heterocycles. The van der Waals surface area contributed by atoms with Crippen molar-refractivity contribution in [2.24, 2.45) is 0 Å². The first-order valence-electron chi connectivity index (χ1n) is 10.5. The molecular weight excluding hydrogens is 385 g/mol. The monoisotopic (exact) mass is 409 g/mol. The Morgan fingerprint density at radius 2 is 1.35 bits per heavy atom. The summed E-state index contributed by atoms with van der Waals surface area (Å²) >= 11 is 0. The number of pyridine rings is 1. The van der Waals surface area contributed by atoms with Crippen molar-refractivity contribution in [3.8, 4) is 22.8 Å². The minimum atomic E-state index is -0.529. The largest absolute Gasteiger partial charge is 0.514 e. The van der Waals surface area contributed by atoms with Crippen molar-refractivity contribution in [1.82, 2.24) is 15.0 Å². The van der Waals surface area contributed by atoms with Crippen LogP contribution < -0.4 is 5.59 Å². The normalized spacial score (nSPS) is 17.2. The third kappa shape index (κ3) is 3.52. The fraction of sp³-hybridized carbons (Fsp3) is 0.240. The Balaban J connectivity index is 1.60. The van der Waals surface area contributed by atoms with Crippen LogP contribution in [0.1, 0.15) is 27.7 Å². The zero-order chi connectivity index (χ0) is 21.6. The van der Waals surface area contributed by atoms with Crippen molar-refractivity contribution in [3.63, 3.8) is 0 Å². The lowest BCUT2D eigenvalue weighted by Crippen LogP contribution is -2.41. The second kappa shape index (κ2) is 7.25. The van der Waals surface area contributed by atoms with Crippen molar-refractivity contribution in [2.45, 2.75) is 38.9 Å². The van der Waals surface area contributed by atoms with E-state index >= 15 is 0 Å². The highest BCUT2D eigenvalue weighted by molar-refractivity contribution is 6.61. The van der Waals surface area contributed by atoms with Crippen LogP contribution in [0.4, 0.5) is 0 Å². The van der Waals surface area contributed by atoms with Gasteiger partial charge in [-0.1, -0.05) is 54.6 Å². The van der Waals surface area contributed by atoms with Gasteiger partial charge in [0.05, 0.1) is 28.0 Å². The minimum Gasteiger partial charge on any atom is -0.398 e. The Bertz CT molecular complexity index is 1240. The van der Waals surface area contributed by atoms with Gasteiger partial charge in [0.2, 0.25) is 0 Å². The molecule has 0 unspecified atom stereocenters. The highest BCUT2D eigenvalue weighted by atomic mass is 16.7. The van der Waals surface area contributed by atoms with Gasteiger partial charge in [-0.15, -0.1) is 0 Å². The zero-order valence-corrected chi connectivity index (χ0v) is 18.2. The number of para-hydroxylation sites is 1. The van der Waals surface area contributed by atoms with E-state index in [4.69, 9.17) is 24.3 Å². The van der Waals surface area contributed by atoms with Gasteiger partial charge in [0, 0.05) is 10.9 Å². The summed E-state index contributed by atoms with van der Waals surface area (Å²) in [6.07, 6.45) is 0. The van der Waals surface area contributed by atoms with E-state index in [1.807, 2.05) is 82.3 Å². The van der Waals surface area contributed by atoms with Crippen molar-refractivity contribution in [2.75, 3.05) is 0 Å². The molecule has 1 aliphatic rings. The van der Waals surface area contributed by atoms with E-state index in [0.29, 0.717) is 17.1 Å².